The summed E-state index contributed by atoms with van der Waals surface area (Å²) in [5, 5.41) is 6.23. The number of anilines is 1. The molecule has 24 heavy (non-hydrogen) atoms. The molecule has 2 N–H and O–H groups in total. The summed E-state index contributed by atoms with van der Waals surface area (Å²) in [6, 6.07) is 14.3. The number of carbonyl (C=O) groups is 2. The van der Waals surface area contributed by atoms with E-state index in [1.165, 1.54) is 11.8 Å². The molecule has 0 heterocycles. The molecule has 0 unspecified atom stereocenters. The van der Waals surface area contributed by atoms with Gasteiger partial charge in [-0.25, -0.2) is 0 Å². The molecule has 0 saturated carbocycles. The summed E-state index contributed by atoms with van der Waals surface area (Å²) in [6.07, 6.45) is 0. The molecule has 0 saturated heterocycles. The Morgan fingerprint density at radius 3 is 2.46 bits per heavy atom. The lowest BCUT2D eigenvalue weighted by Gasteiger charge is -2.13. The van der Waals surface area contributed by atoms with E-state index in [4.69, 9.17) is 11.6 Å². The first-order valence-corrected chi connectivity index (χ1v) is 8.91. The number of hydrogen-bond donors (Lipinski definition) is 2. The second kappa shape index (κ2) is 8.76. The zero-order valence-corrected chi connectivity index (χ0v) is 15.1. The van der Waals surface area contributed by atoms with Gasteiger partial charge in [0, 0.05) is 10.9 Å². The lowest BCUT2D eigenvalue weighted by Crippen LogP contribution is -2.31. The van der Waals surface area contributed by atoms with Gasteiger partial charge < -0.3 is 10.6 Å². The van der Waals surface area contributed by atoms with Gasteiger partial charge >= 0.3 is 0 Å². The van der Waals surface area contributed by atoms with Crippen LogP contribution in [0.4, 0.5) is 5.69 Å². The number of benzene rings is 2. The first-order chi connectivity index (χ1) is 11.5. The maximum Gasteiger partial charge on any atom is 0.253 e. The van der Waals surface area contributed by atoms with Crippen molar-refractivity contribution < 1.29 is 9.59 Å². The molecule has 2 aromatic rings. The summed E-state index contributed by atoms with van der Waals surface area (Å²) >= 11 is 7.43. The summed E-state index contributed by atoms with van der Waals surface area (Å²) < 4.78 is 0. The zero-order chi connectivity index (χ0) is 17.5. The molecular weight excluding hydrogens is 344 g/mol. The van der Waals surface area contributed by atoms with Crippen molar-refractivity contribution in [3.8, 4) is 0 Å². The Morgan fingerprint density at radius 1 is 1.08 bits per heavy atom. The van der Waals surface area contributed by atoms with Crippen molar-refractivity contribution in [2.75, 3.05) is 11.1 Å². The number of amides is 2. The Balaban J connectivity index is 2.01. The van der Waals surface area contributed by atoms with Crippen LogP contribution in [0.1, 0.15) is 24.2 Å². The monoisotopic (exact) mass is 362 g/mol. The van der Waals surface area contributed by atoms with Crippen molar-refractivity contribution in [3.63, 3.8) is 0 Å². The van der Waals surface area contributed by atoms with Gasteiger partial charge in [0.05, 0.1) is 22.0 Å². The number of para-hydroxylation sites is 1. The van der Waals surface area contributed by atoms with Crippen LogP contribution in [0.25, 0.3) is 0 Å². The Kier molecular flexibility index (Phi) is 6.70. The van der Waals surface area contributed by atoms with Crippen molar-refractivity contribution in [2.24, 2.45) is 0 Å². The average molecular weight is 363 g/mol. The van der Waals surface area contributed by atoms with Gasteiger partial charge in [0.15, 0.2) is 0 Å². The van der Waals surface area contributed by atoms with Crippen LogP contribution in [-0.2, 0) is 4.79 Å². The zero-order valence-electron chi connectivity index (χ0n) is 13.5. The fourth-order valence-electron chi connectivity index (χ4n) is 2.02. The van der Waals surface area contributed by atoms with E-state index >= 15 is 0 Å². The highest BCUT2D eigenvalue weighted by Crippen LogP contribution is 2.26. The molecule has 2 aromatic carbocycles. The lowest BCUT2D eigenvalue weighted by molar-refractivity contribution is -0.113. The standard InChI is InChI=1S/C18H19ClN2O2S/c1-12(2)20-18(23)13-7-3-5-9-15(13)21-17(22)11-24-16-10-6-4-8-14(16)19/h3-10,12H,11H2,1-2H3,(H,20,23)(H,21,22). The van der Waals surface area contributed by atoms with Gasteiger partial charge in [-0.3, -0.25) is 9.59 Å². The van der Waals surface area contributed by atoms with E-state index in [2.05, 4.69) is 10.6 Å². The van der Waals surface area contributed by atoms with Crippen molar-refractivity contribution in [1.82, 2.24) is 5.32 Å². The van der Waals surface area contributed by atoms with Crippen LogP contribution in [0.15, 0.2) is 53.4 Å². The summed E-state index contributed by atoms with van der Waals surface area (Å²) in [5.74, 6) is -0.187. The van der Waals surface area contributed by atoms with Crippen molar-refractivity contribution in [3.05, 3.63) is 59.1 Å². The highest BCUT2D eigenvalue weighted by molar-refractivity contribution is 8.00. The average Bonchev–Trinajstić information content (AvgIpc) is 2.54. The molecule has 0 atom stereocenters. The van der Waals surface area contributed by atoms with Crippen LogP contribution in [-0.4, -0.2) is 23.6 Å². The van der Waals surface area contributed by atoms with Gasteiger partial charge in [0.25, 0.3) is 5.91 Å². The quantitative estimate of drug-likeness (QED) is 0.757. The number of thioether (sulfide) groups is 1. The van der Waals surface area contributed by atoms with E-state index in [1.54, 1.807) is 30.3 Å². The molecule has 2 amide bonds. The predicted octanol–water partition coefficient (Wildman–Crippen LogP) is 4.21. The topological polar surface area (TPSA) is 58.2 Å². The van der Waals surface area contributed by atoms with Gasteiger partial charge in [0.2, 0.25) is 5.91 Å². The van der Waals surface area contributed by atoms with Gasteiger partial charge in [-0.1, -0.05) is 35.9 Å². The molecule has 126 valence electrons. The molecule has 0 spiro atoms. The highest BCUT2D eigenvalue weighted by atomic mass is 35.5. The van der Waals surface area contributed by atoms with Crippen LogP contribution in [0.2, 0.25) is 5.02 Å². The number of carbonyl (C=O) groups excluding carboxylic acids is 2. The third-order valence-electron chi connectivity index (χ3n) is 3.06. The van der Waals surface area contributed by atoms with E-state index in [1.807, 2.05) is 32.0 Å². The fourth-order valence-corrected chi connectivity index (χ4v) is 3.06. The van der Waals surface area contributed by atoms with E-state index in [0.717, 1.165) is 4.90 Å². The normalized spacial score (nSPS) is 10.5. The largest absolute Gasteiger partial charge is 0.350 e. The molecule has 0 bridgehead atoms. The molecule has 6 heteroatoms. The van der Waals surface area contributed by atoms with E-state index in [9.17, 15) is 9.59 Å². The summed E-state index contributed by atoms with van der Waals surface area (Å²) in [7, 11) is 0. The lowest BCUT2D eigenvalue weighted by atomic mass is 10.1. The molecule has 0 aliphatic heterocycles. The van der Waals surface area contributed by atoms with Gasteiger partial charge in [-0.15, -0.1) is 11.8 Å². The minimum absolute atomic E-state index is 0.0250. The second-order valence-electron chi connectivity index (χ2n) is 5.44. The second-order valence-corrected chi connectivity index (χ2v) is 6.87. The molecule has 0 aliphatic rings. The molecule has 0 fully saturated rings. The molecule has 4 nitrogen and oxygen atoms in total. The first kappa shape index (κ1) is 18.4. The number of halogens is 1. The van der Waals surface area contributed by atoms with Crippen LogP contribution in [0.3, 0.4) is 0 Å². The van der Waals surface area contributed by atoms with Crippen molar-refractivity contribution in [1.29, 1.82) is 0 Å². The summed E-state index contributed by atoms with van der Waals surface area (Å²) in [5.41, 5.74) is 0.947. The van der Waals surface area contributed by atoms with Crippen LogP contribution < -0.4 is 10.6 Å². The minimum Gasteiger partial charge on any atom is -0.350 e. The van der Waals surface area contributed by atoms with E-state index < -0.39 is 0 Å². The Hall–Kier alpha value is -1.98. The predicted molar refractivity (Wildman–Crippen MR) is 99.8 cm³/mol. The van der Waals surface area contributed by atoms with Crippen LogP contribution in [0, 0.1) is 0 Å². The number of rotatable bonds is 6. The van der Waals surface area contributed by atoms with Crippen LogP contribution in [0.5, 0.6) is 0 Å². The summed E-state index contributed by atoms with van der Waals surface area (Å²) in [4.78, 5) is 25.2. The van der Waals surface area contributed by atoms with Crippen LogP contribution >= 0.6 is 23.4 Å². The van der Waals surface area contributed by atoms with Gasteiger partial charge in [0.1, 0.15) is 0 Å². The smallest absolute Gasteiger partial charge is 0.253 e. The van der Waals surface area contributed by atoms with Crippen molar-refractivity contribution in [2.45, 2.75) is 24.8 Å². The van der Waals surface area contributed by atoms with Gasteiger partial charge in [-0.2, -0.15) is 0 Å². The SMILES string of the molecule is CC(C)NC(=O)c1ccccc1NC(=O)CSc1ccccc1Cl. The minimum atomic E-state index is -0.209. The molecule has 0 aliphatic carbocycles. The Bertz CT molecular complexity index is 734. The highest BCUT2D eigenvalue weighted by Gasteiger charge is 2.14. The number of hydrogen-bond acceptors (Lipinski definition) is 3. The number of nitrogens with one attached hydrogen (secondary N) is 2. The third-order valence-corrected chi connectivity index (χ3v) is 4.58. The molecular formula is C18H19ClN2O2S. The maximum atomic E-state index is 12.2. The van der Waals surface area contributed by atoms with E-state index in [-0.39, 0.29) is 23.6 Å². The maximum absolute atomic E-state index is 12.2. The Labute approximate surface area is 151 Å². The molecule has 2 rings (SSSR count). The summed E-state index contributed by atoms with van der Waals surface area (Å²) in [6.45, 7) is 3.78. The Morgan fingerprint density at radius 2 is 1.75 bits per heavy atom. The van der Waals surface area contributed by atoms with Crippen molar-refractivity contribution >= 4 is 40.9 Å². The van der Waals surface area contributed by atoms with Gasteiger partial charge in [-0.05, 0) is 38.1 Å². The first-order valence-electron chi connectivity index (χ1n) is 7.54. The molecule has 0 radical (unpaired) electrons. The third kappa shape index (κ3) is 5.28. The molecule has 0 aromatic heterocycles. The van der Waals surface area contributed by atoms with E-state index in [0.29, 0.717) is 16.3 Å². The fraction of sp³-hybridized carbons (Fsp3) is 0.222.